The Hall–Kier alpha value is 0. The van der Waals surface area contributed by atoms with E-state index < -0.39 is 0 Å². The van der Waals surface area contributed by atoms with Gasteiger partial charge in [0.15, 0.2) is 0 Å². The molecule has 5 fully saturated rings. The van der Waals surface area contributed by atoms with Gasteiger partial charge in [-0.3, -0.25) is 0 Å². The van der Waals surface area contributed by atoms with Crippen LogP contribution in [0.2, 0.25) is 0 Å². The van der Waals surface area contributed by atoms with Gasteiger partial charge in [0.25, 0.3) is 0 Å². The normalized spacial score (nSPS) is 55.3. The lowest BCUT2D eigenvalue weighted by Crippen LogP contribution is -2.48. The zero-order valence-corrected chi connectivity index (χ0v) is 17.2. The van der Waals surface area contributed by atoms with Crippen molar-refractivity contribution in [2.75, 3.05) is 0 Å². The van der Waals surface area contributed by atoms with E-state index in [1.165, 1.54) is 6.42 Å². The molecule has 0 aromatic rings. The van der Waals surface area contributed by atoms with Crippen LogP contribution in [0.5, 0.6) is 0 Å². The lowest BCUT2D eigenvalue weighted by Gasteiger charge is -2.56. The number of rotatable bonds is 3. The van der Waals surface area contributed by atoms with E-state index in [1.54, 1.807) is 70.6 Å². The molecule has 0 spiro atoms. The van der Waals surface area contributed by atoms with E-state index in [2.05, 4.69) is 20.8 Å². The molecule has 25 heavy (non-hydrogen) atoms. The van der Waals surface area contributed by atoms with Crippen molar-refractivity contribution in [2.24, 2.45) is 58.7 Å². The molecule has 0 nitrogen and oxygen atoms in total. The summed E-state index contributed by atoms with van der Waals surface area (Å²) in [5.41, 5.74) is 0.713. The predicted octanol–water partition coefficient (Wildman–Crippen LogP) is 7.33. The highest BCUT2D eigenvalue weighted by Gasteiger charge is 2.58. The smallest absolute Gasteiger partial charge is 0.0264 e. The highest BCUT2D eigenvalue weighted by molar-refractivity contribution is 5.07. The van der Waals surface area contributed by atoms with Crippen LogP contribution in [0.3, 0.4) is 0 Å². The van der Waals surface area contributed by atoms with Crippen LogP contribution in [0.4, 0.5) is 0 Å². The molecule has 142 valence electrons. The van der Waals surface area contributed by atoms with Gasteiger partial charge in [-0.05, 0) is 110 Å². The fourth-order valence-corrected chi connectivity index (χ4v) is 8.99. The van der Waals surface area contributed by atoms with E-state index in [4.69, 9.17) is 0 Å². The molecule has 5 aliphatic carbocycles. The molecule has 0 heterocycles. The Morgan fingerprint density at radius 1 is 0.760 bits per heavy atom. The van der Waals surface area contributed by atoms with Gasteiger partial charge in [0.1, 0.15) is 0 Å². The zero-order chi connectivity index (χ0) is 17.2. The van der Waals surface area contributed by atoms with Crippen LogP contribution in [-0.2, 0) is 0 Å². The largest absolute Gasteiger partial charge is 0.0625 e. The molecule has 0 aromatic heterocycles. The number of fused-ring (bicyclic) bond motifs is 5. The number of hydrogen-bond donors (Lipinski definition) is 0. The van der Waals surface area contributed by atoms with Crippen molar-refractivity contribution in [3.63, 3.8) is 0 Å². The van der Waals surface area contributed by atoms with Crippen LogP contribution in [0, 0.1) is 58.7 Å². The third kappa shape index (κ3) is 2.84. The van der Waals surface area contributed by atoms with E-state index in [9.17, 15) is 0 Å². The van der Waals surface area contributed by atoms with Crippen LogP contribution in [0.25, 0.3) is 0 Å². The van der Waals surface area contributed by atoms with Crippen molar-refractivity contribution >= 4 is 0 Å². The van der Waals surface area contributed by atoms with Crippen molar-refractivity contribution in [1.82, 2.24) is 0 Å². The second-order valence-corrected chi connectivity index (χ2v) is 11.7. The van der Waals surface area contributed by atoms with E-state index in [1.807, 2.05) is 0 Å². The van der Waals surface area contributed by atoms with Crippen LogP contribution in [0.15, 0.2) is 0 Å². The van der Waals surface area contributed by atoms with Crippen molar-refractivity contribution in [1.29, 1.82) is 0 Å². The maximum Gasteiger partial charge on any atom is -0.0264 e. The lowest BCUT2D eigenvalue weighted by molar-refractivity contribution is -0.0685. The lowest BCUT2D eigenvalue weighted by atomic mass is 9.49. The number of hydrogen-bond acceptors (Lipinski definition) is 0. The topological polar surface area (TPSA) is 0 Å². The van der Waals surface area contributed by atoms with Gasteiger partial charge in [-0.1, -0.05) is 46.5 Å². The maximum atomic E-state index is 2.75. The van der Waals surface area contributed by atoms with Crippen LogP contribution in [0.1, 0.15) is 97.8 Å². The molecule has 0 aromatic carbocycles. The summed E-state index contributed by atoms with van der Waals surface area (Å²) in [6.07, 6.45) is 18.9. The molecular formula is C25H42. The Labute approximate surface area is 156 Å². The van der Waals surface area contributed by atoms with Gasteiger partial charge in [-0.25, -0.2) is 0 Å². The minimum atomic E-state index is 0.713. The second-order valence-electron chi connectivity index (χ2n) is 11.7. The SMILES string of the molecule is CC1CCC2C(CCC3C2CCC2(C)C3C[C@@H](C)C2CCC2CC2)C1. The van der Waals surface area contributed by atoms with Gasteiger partial charge in [-0.2, -0.15) is 0 Å². The molecule has 0 heteroatoms. The van der Waals surface area contributed by atoms with Gasteiger partial charge in [-0.15, -0.1) is 0 Å². The minimum absolute atomic E-state index is 0.713. The van der Waals surface area contributed by atoms with Crippen LogP contribution < -0.4 is 0 Å². The predicted molar refractivity (Wildman–Crippen MR) is 106 cm³/mol. The van der Waals surface area contributed by atoms with Gasteiger partial charge >= 0.3 is 0 Å². The molecule has 9 atom stereocenters. The zero-order valence-electron chi connectivity index (χ0n) is 17.2. The first-order valence-corrected chi connectivity index (χ1v) is 12.1. The fraction of sp³-hybridized carbons (Fsp3) is 1.00. The monoisotopic (exact) mass is 342 g/mol. The standard InChI is InChI=1S/C25H42/c1-16-4-9-20-19(14-16)8-10-22-21(20)12-13-25(3)23(11-7-18-5-6-18)17(2)15-24(22)25/h16-24H,4-15H2,1-3H3/t16?,17-,19?,20?,21?,22?,23?,24?,25?/m1/s1. The molecule has 0 radical (unpaired) electrons. The Morgan fingerprint density at radius 2 is 1.56 bits per heavy atom. The quantitative estimate of drug-likeness (QED) is 0.503. The average Bonchev–Trinajstić information content (AvgIpc) is 3.37. The Kier molecular flexibility index (Phi) is 4.29. The summed E-state index contributed by atoms with van der Waals surface area (Å²) in [6.45, 7) is 7.90. The van der Waals surface area contributed by atoms with Crippen molar-refractivity contribution in [3.8, 4) is 0 Å². The Balaban J connectivity index is 1.33. The summed E-state index contributed by atoms with van der Waals surface area (Å²) < 4.78 is 0. The first-order chi connectivity index (χ1) is 12.1. The minimum Gasteiger partial charge on any atom is -0.0625 e. The van der Waals surface area contributed by atoms with Crippen LogP contribution >= 0.6 is 0 Å². The summed E-state index contributed by atoms with van der Waals surface area (Å²) >= 11 is 0. The average molecular weight is 343 g/mol. The summed E-state index contributed by atoms with van der Waals surface area (Å²) in [5.74, 6) is 9.78. The third-order valence-corrected chi connectivity index (χ3v) is 10.4. The van der Waals surface area contributed by atoms with Crippen molar-refractivity contribution in [3.05, 3.63) is 0 Å². The molecule has 8 unspecified atom stereocenters. The van der Waals surface area contributed by atoms with E-state index >= 15 is 0 Å². The van der Waals surface area contributed by atoms with Crippen LogP contribution in [-0.4, -0.2) is 0 Å². The first-order valence-electron chi connectivity index (χ1n) is 12.1. The summed E-state index contributed by atoms with van der Waals surface area (Å²) in [4.78, 5) is 0. The molecule has 0 aliphatic heterocycles. The molecular weight excluding hydrogens is 300 g/mol. The molecule has 0 N–H and O–H groups in total. The summed E-state index contributed by atoms with van der Waals surface area (Å²) in [5, 5.41) is 0. The van der Waals surface area contributed by atoms with E-state index in [0.29, 0.717) is 5.41 Å². The van der Waals surface area contributed by atoms with E-state index in [0.717, 1.165) is 53.3 Å². The van der Waals surface area contributed by atoms with Crippen molar-refractivity contribution in [2.45, 2.75) is 97.8 Å². The third-order valence-electron chi connectivity index (χ3n) is 10.4. The summed E-state index contributed by atoms with van der Waals surface area (Å²) in [6, 6.07) is 0. The highest BCUT2D eigenvalue weighted by Crippen LogP contribution is 2.66. The Bertz CT molecular complexity index is 490. The Morgan fingerprint density at radius 3 is 2.36 bits per heavy atom. The first kappa shape index (κ1) is 17.1. The van der Waals surface area contributed by atoms with Gasteiger partial charge in [0.2, 0.25) is 0 Å². The molecule has 5 saturated carbocycles. The van der Waals surface area contributed by atoms with E-state index in [-0.39, 0.29) is 0 Å². The maximum absolute atomic E-state index is 2.75. The van der Waals surface area contributed by atoms with Gasteiger partial charge in [0.05, 0.1) is 0 Å². The molecule has 5 aliphatic rings. The highest BCUT2D eigenvalue weighted by atomic mass is 14.6. The van der Waals surface area contributed by atoms with Gasteiger partial charge < -0.3 is 0 Å². The molecule has 5 rings (SSSR count). The van der Waals surface area contributed by atoms with Crippen molar-refractivity contribution < 1.29 is 0 Å². The second kappa shape index (κ2) is 6.27. The molecule has 0 bridgehead atoms. The van der Waals surface area contributed by atoms with Gasteiger partial charge in [0, 0.05) is 0 Å². The summed E-state index contributed by atoms with van der Waals surface area (Å²) in [7, 11) is 0. The molecule has 0 amide bonds. The molecule has 0 saturated heterocycles. The fourth-order valence-electron chi connectivity index (χ4n) is 8.99.